The zero-order valence-electron chi connectivity index (χ0n) is 9.35. The van der Waals surface area contributed by atoms with Crippen molar-refractivity contribution in [1.29, 1.82) is 0 Å². The zero-order valence-corrected chi connectivity index (χ0v) is 11.6. The van der Waals surface area contributed by atoms with Gasteiger partial charge in [-0.1, -0.05) is 29.3 Å². The first-order chi connectivity index (χ1) is 8.09. The van der Waals surface area contributed by atoms with Crippen molar-refractivity contribution in [1.82, 2.24) is 0 Å². The first-order valence-corrected chi connectivity index (χ1v) is 6.53. The molecule has 0 saturated carbocycles. The predicted molar refractivity (Wildman–Crippen MR) is 76.0 cm³/mol. The molecule has 92 valence electrons. The van der Waals surface area contributed by atoms with Crippen LogP contribution >= 0.6 is 34.8 Å². The van der Waals surface area contributed by atoms with E-state index in [0.29, 0.717) is 35.3 Å². The molecule has 2 N–H and O–H groups in total. The maximum absolute atomic E-state index is 6.02. The highest BCUT2D eigenvalue weighted by atomic mass is 35.5. The Bertz CT molecular complexity index is 425. The van der Waals surface area contributed by atoms with Gasteiger partial charge in [-0.25, -0.2) is 0 Å². The minimum absolute atomic E-state index is 0.315. The van der Waals surface area contributed by atoms with Crippen LogP contribution in [0.5, 0.6) is 0 Å². The normalized spacial score (nSPS) is 14.1. The Balaban J connectivity index is 3.20. The molecule has 0 bridgehead atoms. The van der Waals surface area contributed by atoms with Crippen LogP contribution in [0, 0.1) is 12.3 Å². The fourth-order valence-electron chi connectivity index (χ4n) is 1.83. The van der Waals surface area contributed by atoms with E-state index >= 15 is 0 Å². The van der Waals surface area contributed by atoms with Gasteiger partial charge in [-0.2, -0.15) is 0 Å². The summed E-state index contributed by atoms with van der Waals surface area (Å²) in [7, 11) is 0. The van der Waals surface area contributed by atoms with E-state index in [1.165, 1.54) is 0 Å². The number of rotatable bonds is 5. The van der Waals surface area contributed by atoms with Gasteiger partial charge < -0.3 is 5.73 Å². The molecule has 0 aliphatic rings. The minimum Gasteiger partial charge on any atom is -0.330 e. The summed E-state index contributed by atoms with van der Waals surface area (Å²) in [5.41, 5.74) is 6.55. The summed E-state index contributed by atoms with van der Waals surface area (Å²) >= 11 is 17.8. The molecule has 0 heterocycles. The van der Waals surface area contributed by atoms with Gasteiger partial charge in [-0.15, -0.1) is 23.9 Å². The lowest BCUT2D eigenvalue weighted by molar-refractivity contribution is 0.435. The molecule has 0 saturated heterocycles. The van der Waals surface area contributed by atoms with Crippen LogP contribution in [0.3, 0.4) is 0 Å². The molecule has 1 rings (SSSR count). The van der Waals surface area contributed by atoms with Gasteiger partial charge >= 0.3 is 0 Å². The molecule has 0 aromatic heterocycles. The fraction of sp³-hybridized carbons (Fsp3) is 0.385. The fourth-order valence-corrected chi connectivity index (χ4v) is 2.49. The molecule has 0 unspecified atom stereocenters. The Morgan fingerprint density at radius 1 is 1.29 bits per heavy atom. The molecule has 0 amide bonds. The van der Waals surface area contributed by atoms with E-state index in [1.807, 2.05) is 12.1 Å². The summed E-state index contributed by atoms with van der Waals surface area (Å²) in [6.45, 7) is 0.432. The zero-order chi connectivity index (χ0) is 12.9. The number of halogens is 3. The topological polar surface area (TPSA) is 26.0 Å². The monoisotopic (exact) mass is 289 g/mol. The number of nitrogens with two attached hydrogens (primary N) is 1. The second-order valence-electron chi connectivity index (χ2n) is 3.93. The summed E-state index contributed by atoms with van der Waals surface area (Å²) in [6, 6.07) is 5.49. The molecular weight excluding hydrogens is 277 g/mol. The molecule has 17 heavy (non-hydrogen) atoms. The SMILES string of the molecule is C#CC[C@@](CN)(CCCl)c1ccc(Cl)c(Cl)c1. The van der Waals surface area contributed by atoms with Gasteiger partial charge in [0, 0.05) is 24.3 Å². The average Bonchev–Trinajstić information content (AvgIpc) is 2.32. The maximum atomic E-state index is 6.02. The van der Waals surface area contributed by atoms with Gasteiger partial charge in [0.05, 0.1) is 10.0 Å². The van der Waals surface area contributed by atoms with Crippen molar-refractivity contribution >= 4 is 34.8 Å². The number of terminal acetylenes is 1. The lowest BCUT2D eigenvalue weighted by Crippen LogP contribution is -2.35. The first kappa shape index (κ1) is 14.7. The minimum atomic E-state index is -0.315. The maximum Gasteiger partial charge on any atom is 0.0595 e. The van der Waals surface area contributed by atoms with E-state index in [4.69, 9.17) is 47.0 Å². The summed E-state index contributed by atoms with van der Waals surface area (Å²) in [6.07, 6.45) is 6.67. The number of hydrogen-bond donors (Lipinski definition) is 1. The van der Waals surface area contributed by atoms with Crippen molar-refractivity contribution in [2.75, 3.05) is 12.4 Å². The molecule has 0 aliphatic heterocycles. The van der Waals surface area contributed by atoms with Crippen LogP contribution < -0.4 is 5.73 Å². The third-order valence-corrected chi connectivity index (χ3v) is 3.86. The lowest BCUT2D eigenvalue weighted by atomic mass is 9.75. The quantitative estimate of drug-likeness (QED) is 0.647. The van der Waals surface area contributed by atoms with Crippen LogP contribution in [0.1, 0.15) is 18.4 Å². The van der Waals surface area contributed by atoms with Gasteiger partial charge in [0.1, 0.15) is 0 Å². The second-order valence-corrected chi connectivity index (χ2v) is 5.13. The molecule has 1 aromatic rings. The van der Waals surface area contributed by atoms with Crippen molar-refractivity contribution in [3.63, 3.8) is 0 Å². The van der Waals surface area contributed by atoms with Crippen molar-refractivity contribution < 1.29 is 0 Å². The van der Waals surface area contributed by atoms with Crippen molar-refractivity contribution in [2.45, 2.75) is 18.3 Å². The number of alkyl halides is 1. The third-order valence-electron chi connectivity index (χ3n) is 2.94. The van der Waals surface area contributed by atoms with E-state index in [9.17, 15) is 0 Å². The van der Waals surface area contributed by atoms with Gasteiger partial charge in [-0.3, -0.25) is 0 Å². The number of hydrogen-bond acceptors (Lipinski definition) is 1. The van der Waals surface area contributed by atoms with Crippen LogP contribution in [-0.4, -0.2) is 12.4 Å². The highest BCUT2D eigenvalue weighted by molar-refractivity contribution is 6.42. The molecule has 4 heteroatoms. The van der Waals surface area contributed by atoms with Crippen LogP contribution in [0.15, 0.2) is 18.2 Å². The summed E-state index contributed by atoms with van der Waals surface area (Å²) in [4.78, 5) is 0. The number of benzene rings is 1. The van der Waals surface area contributed by atoms with Gasteiger partial charge in [0.2, 0.25) is 0 Å². The smallest absolute Gasteiger partial charge is 0.0595 e. The van der Waals surface area contributed by atoms with Crippen molar-refractivity contribution in [2.24, 2.45) is 5.73 Å². The Labute approximate surface area is 117 Å². The Morgan fingerprint density at radius 3 is 2.47 bits per heavy atom. The molecule has 1 atom stereocenters. The van der Waals surface area contributed by atoms with Crippen LogP contribution in [-0.2, 0) is 5.41 Å². The van der Waals surface area contributed by atoms with Gasteiger partial charge in [0.25, 0.3) is 0 Å². The van der Waals surface area contributed by atoms with Gasteiger partial charge in [0.15, 0.2) is 0 Å². The first-order valence-electron chi connectivity index (χ1n) is 5.24. The highest BCUT2D eigenvalue weighted by Gasteiger charge is 2.29. The molecular formula is C13H14Cl3N. The second kappa shape index (κ2) is 6.52. The molecule has 0 spiro atoms. The molecule has 0 radical (unpaired) electrons. The summed E-state index contributed by atoms with van der Waals surface area (Å²) in [5.74, 6) is 3.16. The van der Waals surface area contributed by atoms with Crippen molar-refractivity contribution in [3.05, 3.63) is 33.8 Å². The summed E-state index contributed by atoms with van der Waals surface area (Å²) < 4.78 is 0. The van der Waals surface area contributed by atoms with E-state index in [0.717, 1.165) is 5.56 Å². The molecule has 1 aromatic carbocycles. The highest BCUT2D eigenvalue weighted by Crippen LogP contribution is 2.34. The molecule has 0 fully saturated rings. The molecule has 0 aliphatic carbocycles. The standard InChI is InChI=1S/C13H14Cl3N/c1-2-5-13(9-17,6-7-14)10-3-4-11(15)12(16)8-10/h1,3-4,8H,5-7,9,17H2/t13-/m0/s1. The Morgan fingerprint density at radius 2 is 2.00 bits per heavy atom. The van der Waals surface area contributed by atoms with Crippen LogP contribution in [0.2, 0.25) is 10.0 Å². The summed E-state index contributed by atoms with van der Waals surface area (Å²) in [5, 5.41) is 1.03. The Hall–Kier alpha value is -0.390. The Kier molecular flexibility index (Phi) is 5.62. The van der Waals surface area contributed by atoms with Crippen LogP contribution in [0.25, 0.3) is 0 Å². The van der Waals surface area contributed by atoms with E-state index in [1.54, 1.807) is 6.07 Å². The lowest BCUT2D eigenvalue weighted by Gasteiger charge is -2.31. The predicted octanol–water partition coefficient (Wildman–Crippen LogP) is 3.84. The largest absolute Gasteiger partial charge is 0.330 e. The van der Waals surface area contributed by atoms with E-state index in [-0.39, 0.29) is 5.41 Å². The van der Waals surface area contributed by atoms with Crippen LogP contribution in [0.4, 0.5) is 0 Å². The van der Waals surface area contributed by atoms with E-state index in [2.05, 4.69) is 5.92 Å². The van der Waals surface area contributed by atoms with Gasteiger partial charge in [-0.05, 0) is 24.1 Å². The third kappa shape index (κ3) is 3.30. The molecule has 1 nitrogen and oxygen atoms in total. The van der Waals surface area contributed by atoms with Crippen molar-refractivity contribution in [3.8, 4) is 12.3 Å². The van der Waals surface area contributed by atoms with E-state index < -0.39 is 0 Å². The average molecular weight is 291 g/mol.